The molecular weight excluding hydrogens is 280 g/mol. The molecule has 0 saturated carbocycles. The van der Waals surface area contributed by atoms with E-state index >= 15 is 0 Å². The van der Waals surface area contributed by atoms with Gasteiger partial charge < -0.3 is 15.0 Å². The van der Waals surface area contributed by atoms with Crippen LogP contribution in [0, 0.1) is 5.92 Å². The second kappa shape index (κ2) is 7.94. The van der Waals surface area contributed by atoms with Gasteiger partial charge >= 0.3 is 0 Å². The Hall–Kier alpha value is -1.88. The third-order valence-electron chi connectivity index (χ3n) is 4.16. The van der Waals surface area contributed by atoms with Crippen molar-refractivity contribution in [2.24, 2.45) is 5.92 Å². The lowest BCUT2D eigenvalue weighted by Gasteiger charge is -2.38. The minimum Gasteiger partial charge on any atom is -0.385 e. The molecule has 1 N–H and O–H groups in total. The van der Waals surface area contributed by atoms with Crippen molar-refractivity contribution in [3.63, 3.8) is 0 Å². The van der Waals surface area contributed by atoms with Crippen molar-refractivity contribution >= 4 is 11.8 Å². The van der Waals surface area contributed by atoms with E-state index in [2.05, 4.69) is 5.32 Å². The van der Waals surface area contributed by atoms with E-state index in [4.69, 9.17) is 4.74 Å². The summed E-state index contributed by atoms with van der Waals surface area (Å²) < 4.78 is 4.99. The summed E-state index contributed by atoms with van der Waals surface area (Å²) in [6.07, 6.45) is 1.81. The van der Waals surface area contributed by atoms with E-state index < -0.39 is 0 Å². The summed E-state index contributed by atoms with van der Waals surface area (Å²) in [6, 6.07) is 9.58. The Bertz CT molecular complexity index is 504. The predicted molar refractivity (Wildman–Crippen MR) is 84.2 cm³/mol. The van der Waals surface area contributed by atoms with Crippen molar-refractivity contribution in [1.29, 1.82) is 0 Å². The molecule has 1 heterocycles. The van der Waals surface area contributed by atoms with E-state index in [0.717, 1.165) is 12.0 Å². The summed E-state index contributed by atoms with van der Waals surface area (Å²) in [5.74, 6) is -0.0887. The summed E-state index contributed by atoms with van der Waals surface area (Å²) in [5.41, 5.74) is 1.01. The zero-order chi connectivity index (χ0) is 15.9. The van der Waals surface area contributed by atoms with Gasteiger partial charge in [0.2, 0.25) is 11.8 Å². The number of methoxy groups -OCH3 is 1. The van der Waals surface area contributed by atoms with Gasteiger partial charge in [0.15, 0.2) is 0 Å². The highest BCUT2D eigenvalue weighted by atomic mass is 16.5. The Balaban J connectivity index is 2.10. The van der Waals surface area contributed by atoms with E-state index in [1.54, 1.807) is 19.1 Å². The van der Waals surface area contributed by atoms with Crippen LogP contribution in [0.15, 0.2) is 30.3 Å². The maximum atomic E-state index is 12.5. The summed E-state index contributed by atoms with van der Waals surface area (Å²) in [5, 5.41) is 2.97. The normalized spacial score (nSPS) is 21.7. The zero-order valence-electron chi connectivity index (χ0n) is 13.2. The molecule has 1 aliphatic rings. The molecule has 2 amide bonds. The third-order valence-corrected chi connectivity index (χ3v) is 4.16. The Morgan fingerprint density at radius 3 is 2.77 bits per heavy atom. The lowest BCUT2D eigenvalue weighted by atomic mass is 9.84. The predicted octanol–water partition coefficient (Wildman–Crippen LogP) is 1.75. The molecule has 0 spiro atoms. The van der Waals surface area contributed by atoms with Crippen molar-refractivity contribution in [2.75, 3.05) is 27.3 Å². The van der Waals surface area contributed by atoms with Crippen molar-refractivity contribution in [2.45, 2.75) is 25.3 Å². The quantitative estimate of drug-likeness (QED) is 0.815. The minimum absolute atomic E-state index is 0.0179. The molecule has 5 nitrogen and oxygen atoms in total. The number of nitrogens with one attached hydrogen (secondary N) is 1. The number of carbonyl (C=O) groups is 2. The lowest BCUT2D eigenvalue weighted by molar-refractivity contribution is -0.141. The summed E-state index contributed by atoms with van der Waals surface area (Å²) >= 11 is 0. The molecule has 0 bridgehead atoms. The van der Waals surface area contributed by atoms with Gasteiger partial charge in [-0.3, -0.25) is 9.59 Å². The molecule has 1 aromatic carbocycles. The number of piperidine rings is 1. The first-order valence-corrected chi connectivity index (χ1v) is 7.72. The van der Waals surface area contributed by atoms with E-state index in [1.807, 2.05) is 30.3 Å². The number of ether oxygens (including phenoxy) is 1. The fourth-order valence-electron chi connectivity index (χ4n) is 2.98. The van der Waals surface area contributed by atoms with Crippen LogP contribution in [0.1, 0.15) is 30.9 Å². The van der Waals surface area contributed by atoms with Crippen LogP contribution in [0.25, 0.3) is 0 Å². The number of likely N-dealkylation sites (tertiary alicyclic amines) is 1. The molecule has 5 heteroatoms. The van der Waals surface area contributed by atoms with Crippen molar-refractivity contribution in [1.82, 2.24) is 10.2 Å². The Morgan fingerprint density at radius 2 is 2.09 bits per heavy atom. The molecule has 2 rings (SSSR count). The molecule has 0 radical (unpaired) electrons. The molecule has 0 aliphatic carbocycles. The van der Waals surface area contributed by atoms with Gasteiger partial charge in [-0.15, -0.1) is 0 Å². The number of carbonyl (C=O) groups excluding carboxylic acids is 2. The fourth-order valence-corrected chi connectivity index (χ4v) is 2.98. The second-order valence-corrected chi connectivity index (χ2v) is 5.64. The first kappa shape index (κ1) is 16.5. The first-order chi connectivity index (χ1) is 10.6. The first-order valence-electron chi connectivity index (χ1n) is 7.72. The summed E-state index contributed by atoms with van der Waals surface area (Å²) in [6.45, 7) is 1.23. The highest BCUT2D eigenvalue weighted by Gasteiger charge is 2.38. The number of hydrogen-bond acceptors (Lipinski definition) is 3. The van der Waals surface area contributed by atoms with Gasteiger partial charge in [-0.25, -0.2) is 0 Å². The highest BCUT2D eigenvalue weighted by Crippen LogP contribution is 2.35. The van der Waals surface area contributed by atoms with Crippen LogP contribution in [0.2, 0.25) is 0 Å². The van der Waals surface area contributed by atoms with Crippen molar-refractivity contribution in [3.05, 3.63) is 35.9 Å². The van der Waals surface area contributed by atoms with Crippen LogP contribution < -0.4 is 5.32 Å². The SMILES string of the molecule is COCCCNC(=O)C1CCC(=O)N(C)C1c1ccccc1. The Labute approximate surface area is 131 Å². The molecule has 1 aliphatic heterocycles. The number of nitrogens with zero attached hydrogens (tertiary/aromatic N) is 1. The Kier molecular flexibility index (Phi) is 5.95. The highest BCUT2D eigenvalue weighted by molar-refractivity contribution is 5.84. The van der Waals surface area contributed by atoms with Gasteiger partial charge in [-0.1, -0.05) is 30.3 Å². The average molecular weight is 304 g/mol. The van der Waals surface area contributed by atoms with Crippen LogP contribution in [-0.2, 0) is 14.3 Å². The zero-order valence-corrected chi connectivity index (χ0v) is 13.2. The molecule has 1 fully saturated rings. The van der Waals surface area contributed by atoms with E-state index in [0.29, 0.717) is 26.0 Å². The smallest absolute Gasteiger partial charge is 0.225 e. The van der Waals surface area contributed by atoms with Gasteiger partial charge in [0.05, 0.1) is 12.0 Å². The molecule has 120 valence electrons. The van der Waals surface area contributed by atoms with Crippen LogP contribution in [0.3, 0.4) is 0 Å². The number of hydrogen-bond donors (Lipinski definition) is 1. The van der Waals surface area contributed by atoms with Gasteiger partial charge in [0.1, 0.15) is 0 Å². The number of benzene rings is 1. The molecule has 0 aromatic heterocycles. The molecular formula is C17H24N2O3. The van der Waals surface area contributed by atoms with Crippen LogP contribution in [0.5, 0.6) is 0 Å². The summed E-state index contributed by atoms with van der Waals surface area (Å²) in [4.78, 5) is 26.2. The van der Waals surface area contributed by atoms with Gasteiger partial charge in [0.25, 0.3) is 0 Å². The Morgan fingerprint density at radius 1 is 1.36 bits per heavy atom. The molecule has 2 unspecified atom stereocenters. The largest absolute Gasteiger partial charge is 0.385 e. The van der Waals surface area contributed by atoms with E-state index in [1.165, 1.54) is 0 Å². The maximum absolute atomic E-state index is 12.5. The second-order valence-electron chi connectivity index (χ2n) is 5.64. The summed E-state index contributed by atoms with van der Waals surface area (Å²) in [7, 11) is 3.43. The monoisotopic (exact) mass is 304 g/mol. The fraction of sp³-hybridized carbons (Fsp3) is 0.529. The lowest BCUT2D eigenvalue weighted by Crippen LogP contribution is -2.46. The van der Waals surface area contributed by atoms with Crippen LogP contribution in [0.4, 0.5) is 0 Å². The number of rotatable bonds is 6. The molecule has 2 atom stereocenters. The molecule has 22 heavy (non-hydrogen) atoms. The van der Waals surface area contributed by atoms with Crippen LogP contribution in [-0.4, -0.2) is 44.0 Å². The van der Waals surface area contributed by atoms with Gasteiger partial charge in [0, 0.05) is 33.7 Å². The van der Waals surface area contributed by atoms with Gasteiger partial charge in [-0.2, -0.15) is 0 Å². The molecule has 1 saturated heterocycles. The third kappa shape index (κ3) is 3.85. The van der Waals surface area contributed by atoms with Crippen molar-refractivity contribution in [3.8, 4) is 0 Å². The van der Waals surface area contributed by atoms with E-state index in [9.17, 15) is 9.59 Å². The average Bonchev–Trinajstić information content (AvgIpc) is 2.54. The number of amides is 2. The van der Waals surface area contributed by atoms with Crippen molar-refractivity contribution < 1.29 is 14.3 Å². The molecule has 1 aromatic rings. The van der Waals surface area contributed by atoms with Crippen LogP contribution >= 0.6 is 0 Å². The van der Waals surface area contributed by atoms with Gasteiger partial charge in [-0.05, 0) is 18.4 Å². The topological polar surface area (TPSA) is 58.6 Å². The minimum atomic E-state index is -0.201. The maximum Gasteiger partial charge on any atom is 0.225 e. The van der Waals surface area contributed by atoms with E-state index in [-0.39, 0.29) is 23.8 Å². The standard InChI is InChI=1S/C17H24N2O3/c1-19-15(20)10-9-14(17(21)18-11-6-12-22-2)16(19)13-7-4-3-5-8-13/h3-5,7-8,14,16H,6,9-12H2,1-2H3,(H,18,21).